The highest BCUT2D eigenvalue weighted by Gasteiger charge is 1.99. The molecule has 0 aliphatic carbocycles. The quantitative estimate of drug-likeness (QED) is 0.662. The predicted octanol–water partition coefficient (Wildman–Crippen LogP) is 3.73. The molecule has 0 saturated heterocycles. The molecule has 1 heteroatoms. The van der Waals surface area contributed by atoms with Crippen LogP contribution >= 0.6 is 0 Å². The summed E-state index contributed by atoms with van der Waals surface area (Å²) in [6.07, 6.45) is 8.32. The number of aryl methyl sites for hydroxylation is 2. The van der Waals surface area contributed by atoms with Crippen LogP contribution in [-0.4, -0.2) is 11.7 Å². The lowest BCUT2D eigenvalue weighted by molar-refractivity contribution is 0.282. The Hall–Kier alpha value is -0.820. The SMILES string of the molecule is CCc1ccccc1CCCCCCCO. The Morgan fingerprint density at radius 3 is 2.19 bits per heavy atom. The molecule has 16 heavy (non-hydrogen) atoms. The lowest BCUT2D eigenvalue weighted by Gasteiger charge is -2.07. The van der Waals surface area contributed by atoms with E-state index in [4.69, 9.17) is 5.11 Å². The predicted molar refractivity (Wildman–Crippen MR) is 69.7 cm³/mol. The maximum atomic E-state index is 8.67. The lowest BCUT2D eigenvalue weighted by atomic mass is 9.99. The molecule has 1 rings (SSSR count). The Balaban J connectivity index is 2.21. The third-order valence-electron chi connectivity index (χ3n) is 3.10. The second kappa shape index (κ2) is 8.35. The lowest BCUT2D eigenvalue weighted by Crippen LogP contribution is -1.93. The smallest absolute Gasteiger partial charge is 0.0431 e. The number of aliphatic hydroxyl groups excluding tert-OH is 1. The van der Waals surface area contributed by atoms with Crippen molar-refractivity contribution in [2.45, 2.75) is 51.9 Å². The summed E-state index contributed by atoms with van der Waals surface area (Å²) in [5.41, 5.74) is 3.02. The van der Waals surface area contributed by atoms with Crippen LogP contribution in [0.1, 0.15) is 50.2 Å². The van der Waals surface area contributed by atoms with Crippen LogP contribution < -0.4 is 0 Å². The number of aliphatic hydroxyl groups is 1. The van der Waals surface area contributed by atoms with Gasteiger partial charge in [0.1, 0.15) is 0 Å². The highest BCUT2D eigenvalue weighted by molar-refractivity contribution is 5.26. The molecule has 0 atom stereocenters. The fraction of sp³-hybridized carbons (Fsp3) is 0.600. The number of hydrogen-bond donors (Lipinski definition) is 1. The Morgan fingerprint density at radius 1 is 0.875 bits per heavy atom. The minimum absolute atomic E-state index is 0.346. The third kappa shape index (κ3) is 4.80. The van der Waals surface area contributed by atoms with Gasteiger partial charge in [-0.25, -0.2) is 0 Å². The van der Waals surface area contributed by atoms with Crippen LogP contribution in [0.3, 0.4) is 0 Å². The van der Waals surface area contributed by atoms with Crippen LogP contribution in [0.5, 0.6) is 0 Å². The van der Waals surface area contributed by atoms with Crippen molar-refractivity contribution in [3.05, 3.63) is 35.4 Å². The van der Waals surface area contributed by atoms with Gasteiger partial charge in [0.2, 0.25) is 0 Å². The van der Waals surface area contributed by atoms with E-state index in [1.165, 1.54) is 43.2 Å². The first-order valence-electron chi connectivity index (χ1n) is 6.56. The molecule has 1 aromatic carbocycles. The Kier molecular flexibility index (Phi) is 6.91. The van der Waals surface area contributed by atoms with Gasteiger partial charge < -0.3 is 5.11 Å². The first-order valence-corrected chi connectivity index (χ1v) is 6.56. The molecule has 90 valence electrons. The first-order chi connectivity index (χ1) is 7.88. The molecular formula is C15H24O. The molecule has 0 amide bonds. The number of hydrogen-bond acceptors (Lipinski definition) is 1. The molecule has 0 unspecified atom stereocenters. The second-order valence-electron chi connectivity index (χ2n) is 4.36. The van der Waals surface area contributed by atoms with E-state index < -0.39 is 0 Å². The van der Waals surface area contributed by atoms with Gasteiger partial charge >= 0.3 is 0 Å². The van der Waals surface area contributed by atoms with Gasteiger partial charge in [-0.15, -0.1) is 0 Å². The fourth-order valence-corrected chi connectivity index (χ4v) is 2.10. The van der Waals surface area contributed by atoms with E-state index in [0.29, 0.717) is 6.61 Å². The molecule has 0 fully saturated rings. The zero-order valence-electron chi connectivity index (χ0n) is 10.4. The summed E-state index contributed by atoms with van der Waals surface area (Å²) in [5, 5.41) is 8.67. The van der Waals surface area contributed by atoms with Crippen molar-refractivity contribution in [1.82, 2.24) is 0 Å². The van der Waals surface area contributed by atoms with Crippen molar-refractivity contribution >= 4 is 0 Å². The van der Waals surface area contributed by atoms with Crippen LogP contribution in [0.2, 0.25) is 0 Å². The van der Waals surface area contributed by atoms with Crippen molar-refractivity contribution < 1.29 is 5.11 Å². The summed E-state index contributed by atoms with van der Waals surface area (Å²) >= 11 is 0. The van der Waals surface area contributed by atoms with Gasteiger partial charge in [-0.3, -0.25) is 0 Å². The number of benzene rings is 1. The molecular weight excluding hydrogens is 196 g/mol. The largest absolute Gasteiger partial charge is 0.396 e. The van der Waals surface area contributed by atoms with E-state index in [0.717, 1.165) is 12.8 Å². The van der Waals surface area contributed by atoms with Gasteiger partial charge in [0, 0.05) is 6.61 Å². The number of unbranched alkanes of at least 4 members (excludes halogenated alkanes) is 4. The maximum absolute atomic E-state index is 8.67. The van der Waals surface area contributed by atoms with E-state index in [-0.39, 0.29) is 0 Å². The average Bonchev–Trinajstić information content (AvgIpc) is 2.34. The number of rotatable bonds is 8. The molecule has 0 radical (unpaired) electrons. The van der Waals surface area contributed by atoms with Crippen LogP contribution in [0.4, 0.5) is 0 Å². The van der Waals surface area contributed by atoms with E-state index in [2.05, 4.69) is 31.2 Å². The van der Waals surface area contributed by atoms with E-state index in [1.807, 2.05) is 0 Å². The van der Waals surface area contributed by atoms with Gasteiger partial charge in [-0.2, -0.15) is 0 Å². The summed E-state index contributed by atoms with van der Waals surface area (Å²) in [7, 11) is 0. The molecule has 1 N–H and O–H groups in total. The molecule has 0 aliphatic heterocycles. The molecule has 1 aromatic rings. The molecule has 0 aromatic heterocycles. The highest BCUT2D eigenvalue weighted by Crippen LogP contribution is 2.14. The van der Waals surface area contributed by atoms with E-state index in [9.17, 15) is 0 Å². The Bertz CT molecular complexity index is 281. The topological polar surface area (TPSA) is 20.2 Å². The normalized spacial score (nSPS) is 10.6. The molecule has 0 aliphatic rings. The van der Waals surface area contributed by atoms with Crippen molar-refractivity contribution in [1.29, 1.82) is 0 Å². The summed E-state index contributed by atoms with van der Waals surface area (Å²) in [6.45, 7) is 2.57. The van der Waals surface area contributed by atoms with Crippen LogP contribution in [0, 0.1) is 0 Å². The van der Waals surface area contributed by atoms with Crippen molar-refractivity contribution in [3.8, 4) is 0 Å². The summed E-state index contributed by atoms with van der Waals surface area (Å²) in [4.78, 5) is 0. The van der Waals surface area contributed by atoms with Gasteiger partial charge in [-0.1, -0.05) is 50.5 Å². The van der Waals surface area contributed by atoms with Gasteiger partial charge in [0.15, 0.2) is 0 Å². The van der Waals surface area contributed by atoms with Crippen molar-refractivity contribution in [2.75, 3.05) is 6.61 Å². The zero-order valence-corrected chi connectivity index (χ0v) is 10.4. The molecule has 0 bridgehead atoms. The van der Waals surface area contributed by atoms with Crippen LogP contribution in [-0.2, 0) is 12.8 Å². The molecule has 0 spiro atoms. The van der Waals surface area contributed by atoms with E-state index in [1.54, 1.807) is 0 Å². The van der Waals surface area contributed by atoms with Gasteiger partial charge in [0.25, 0.3) is 0 Å². The fourth-order valence-electron chi connectivity index (χ4n) is 2.10. The zero-order chi connectivity index (χ0) is 11.6. The van der Waals surface area contributed by atoms with Gasteiger partial charge in [0.05, 0.1) is 0 Å². The monoisotopic (exact) mass is 220 g/mol. The highest BCUT2D eigenvalue weighted by atomic mass is 16.2. The standard InChI is InChI=1S/C15H24O/c1-2-14-10-7-8-12-15(14)11-6-4-3-5-9-13-16/h7-8,10,12,16H,2-6,9,11,13H2,1H3. The average molecular weight is 220 g/mol. The van der Waals surface area contributed by atoms with Crippen molar-refractivity contribution in [3.63, 3.8) is 0 Å². The summed E-state index contributed by atoms with van der Waals surface area (Å²) in [5.74, 6) is 0. The second-order valence-corrected chi connectivity index (χ2v) is 4.36. The van der Waals surface area contributed by atoms with Crippen LogP contribution in [0.25, 0.3) is 0 Å². The molecule has 0 saturated carbocycles. The Morgan fingerprint density at radius 2 is 1.50 bits per heavy atom. The Labute approximate surface area is 99.5 Å². The molecule has 1 nitrogen and oxygen atoms in total. The minimum Gasteiger partial charge on any atom is -0.396 e. The van der Waals surface area contributed by atoms with Gasteiger partial charge in [-0.05, 0) is 36.8 Å². The first kappa shape index (κ1) is 13.2. The van der Waals surface area contributed by atoms with Crippen molar-refractivity contribution in [2.24, 2.45) is 0 Å². The minimum atomic E-state index is 0.346. The van der Waals surface area contributed by atoms with E-state index >= 15 is 0 Å². The maximum Gasteiger partial charge on any atom is 0.0431 e. The molecule has 0 heterocycles. The van der Waals surface area contributed by atoms with Crippen LogP contribution in [0.15, 0.2) is 24.3 Å². The summed E-state index contributed by atoms with van der Waals surface area (Å²) < 4.78 is 0. The summed E-state index contributed by atoms with van der Waals surface area (Å²) in [6, 6.07) is 8.76. The third-order valence-corrected chi connectivity index (χ3v) is 3.10.